The summed E-state index contributed by atoms with van der Waals surface area (Å²) in [4.78, 5) is 14.4. The molecule has 1 aromatic rings. The zero-order valence-electron chi connectivity index (χ0n) is 12.9. The van der Waals surface area contributed by atoms with Gasteiger partial charge in [-0.3, -0.25) is 9.69 Å². The molecule has 1 N–H and O–H groups in total. The van der Waals surface area contributed by atoms with Gasteiger partial charge in [0, 0.05) is 15.8 Å². The molecule has 2 unspecified atom stereocenters. The first-order valence-electron chi connectivity index (χ1n) is 7.56. The molecule has 3 nitrogen and oxygen atoms in total. The number of thioether (sulfide) groups is 1. The molecule has 0 radical (unpaired) electrons. The maximum Gasteiger partial charge on any atom is 0.238 e. The van der Waals surface area contributed by atoms with Crippen LogP contribution in [-0.2, 0) is 4.79 Å². The van der Waals surface area contributed by atoms with E-state index in [-0.39, 0.29) is 5.91 Å². The van der Waals surface area contributed by atoms with Crippen molar-refractivity contribution in [3.63, 3.8) is 0 Å². The molecule has 2 atom stereocenters. The molecule has 0 saturated heterocycles. The fraction of sp³-hybridized carbons (Fsp3) is 0.562. The van der Waals surface area contributed by atoms with Gasteiger partial charge >= 0.3 is 0 Å². The van der Waals surface area contributed by atoms with Crippen molar-refractivity contribution in [3.8, 4) is 0 Å². The van der Waals surface area contributed by atoms with Crippen molar-refractivity contribution in [2.24, 2.45) is 0 Å². The molecule has 0 aliphatic heterocycles. The predicted octanol–water partition coefficient (Wildman–Crippen LogP) is 4.65. The van der Waals surface area contributed by atoms with Crippen molar-refractivity contribution in [2.75, 3.05) is 24.7 Å². The Kier molecular flexibility index (Phi) is 7.06. The Hall–Kier alpha value is -0.230. The Morgan fingerprint density at radius 3 is 2.95 bits per heavy atom. The van der Waals surface area contributed by atoms with Crippen LogP contribution in [0.2, 0.25) is 5.02 Å². The summed E-state index contributed by atoms with van der Waals surface area (Å²) in [6, 6.07) is 5.97. The quantitative estimate of drug-likeness (QED) is 0.748. The molecule has 0 aromatic heterocycles. The lowest BCUT2D eigenvalue weighted by Gasteiger charge is -2.23. The molecule has 2 rings (SSSR count). The first-order chi connectivity index (χ1) is 10.5. The van der Waals surface area contributed by atoms with Crippen LogP contribution in [0, 0.1) is 0 Å². The minimum atomic E-state index is -0.0154. The van der Waals surface area contributed by atoms with Gasteiger partial charge in [0.2, 0.25) is 5.91 Å². The Labute approximate surface area is 150 Å². The number of hydrogen-bond acceptors (Lipinski definition) is 3. The highest BCUT2D eigenvalue weighted by Crippen LogP contribution is 2.32. The average molecular weight is 406 g/mol. The molecular formula is C16H22BrClN2OS. The molecule has 6 heteroatoms. The minimum absolute atomic E-state index is 0.0154. The molecule has 1 aliphatic rings. The van der Waals surface area contributed by atoms with E-state index < -0.39 is 0 Å². The SMILES string of the molecule is CCSC1CCC(N(C)CC(=O)Nc2ccc(Br)cc2Cl)C1. The number of nitrogens with zero attached hydrogens (tertiary/aromatic N) is 1. The Balaban J connectivity index is 1.84. The third kappa shape index (κ3) is 5.15. The molecule has 1 fully saturated rings. The van der Waals surface area contributed by atoms with Crippen LogP contribution < -0.4 is 5.32 Å². The van der Waals surface area contributed by atoms with Crippen molar-refractivity contribution in [2.45, 2.75) is 37.5 Å². The number of benzene rings is 1. The van der Waals surface area contributed by atoms with Gasteiger partial charge in [0.25, 0.3) is 0 Å². The largest absolute Gasteiger partial charge is 0.324 e. The summed E-state index contributed by atoms with van der Waals surface area (Å²) < 4.78 is 0.901. The number of halogens is 2. The lowest BCUT2D eigenvalue weighted by Crippen LogP contribution is -2.36. The van der Waals surface area contributed by atoms with Gasteiger partial charge in [-0.2, -0.15) is 11.8 Å². The molecule has 22 heavy (non-hydrogen) atoms. The molecule has 122 valence electrons. The van der Waals surface area contributed by atoms with Crippen LogP contribution in [-0.4, -0.2) is 41.4 Å². The molecule has 1 amide bonds. The van der Waals surface area contributed by atoms with Crippen LogP contribution in [0.25, 0.3) is 0 Å². The van der Waals surface area contributed by atoms with E-state index in [4.69, 9.17) is 11.6 Å². The lowest BCUT2D eigenvalue weighted by molar-refractivity contribution is -0.117. The van der Waals surface area contributed by atoms with E-state index in [2.05, 4.69) is 33.1 Å². The molecule has 1 aliphatic carbocycles. The lowest BCUT2D eigenvalue weighted by atomic mass is 10.2. The number of amides is 1. The van der Waals surface area contributed by atoms with Crippen LogP contribution in [0.5, 0.6) is 0 Å². The number of likely N-dealkylation sites (N-methyl/N-ethyl adjacent to an activating group) is 1. The zero-order valence-corrected chi connectivity index (χ0v) is 16.1. The highest BCUT2D eigenvalue weighted by atomic mass is 79.9. The molecule has 0 heterocycles. The van der Waals surface area contributed by atoms with Crippen molar-refractivity contribution < 1.29 is 4.79 Å². The summed E-state index contributed by atoms with van der Waals surface area (Å²) in [6.45, 7) is 2.61. The van der Waals surface area contributed by atoms with Gasteiger partial charge in [-0.05, 0) is 50.3 Å². The fourth-order valence-corrected chi connectivity index (χ4v) is 4.69. The maximum absolute atomic E-state index is 12.2. The number of carbonyl (C=O) groups is 1. The van der Waals surface area contributed by atoms with Crippen LogP contribution in [0.4, 0.5) is 5.69 Å². The molecule has 1 saturated carbocycles. The van der Waals surface area contributed by atoms with E-state index in [0.29, 0.717) is 23.3 Å². The van der Waals surface area contributed by atoms with E-state index >= 15 is 0 Å². The van der Waals surface area contributed by atoms with Gasteiger partial charge in [-0.15, -0.1) is 0 Å². The first kappa shape index (κ1) is 18.1. The second-order valence-corrected chi connectivity index (χ2v) is 8.53. The summed E-state index contributed by atoms with van der Waals surface area (Å²) >= 11 is 11.5. The topological polar surface area (TPSA) is 32.3 Å². The van der Waals surface area contributed by atoms with E-state index in [1.807, 2.05) is 30.9 Å². The third-order valence-corrected chi connectivity index (χ3v) is 6.02. The number of carbonyl (C=O) groups excluding carboxylic acids is 1. The number of anilines is 1. The predicted molar refractivity (Wildman–Crippen MR) is 100.0 cm³/mol. The van der Waals surface area contributed by atoms with E-state index in [1.54, 1.807) is 6.07 Å². The Morgan fingerprint density at radius 1 is 1.50 bits per heavy atom. The van der Waals surface area contributed by atoms with Crippen LogP contribution in [0.1, 0.15) is 26.2 Å². The van der Waals surface area contributed by atoms with Gasteiger partial charge in [0.15, 0.2) is 0 Å². The number of rotatable bonds is 6. The van der Waals surface area contributed by atoms with Gasteiger partial charge in [0.05, 0.1) is 17.3 Å². The normalized spacial score (nSPS) is 21.3. The Bertz CT molecular complexity index is 529. The van der Waals surface area contributed by atoms with Gasteiger partial charge in [0.1, 0.15) is 0 Å². The van der Waals surface area contributed by atoms with Crippen molar-refractivity contribution in [3.05, 3.63) is 27.7 Å². The Morgan fingerprint density at radius 2 is 2.27 bits per heavy atom. The third-order valence-electron chi connectivity index (χ3n) is 3.98. The summed E-state index contributed by atoms with van der Waals surface area (Å²) in [5.41, 5.74) is 0.661. The highest BCUT2D eigenvalue weighted by molar-refractivity contribution is 9.10. The van der Waals surface area contributed by atoms with Crippen LogP contribution in [0.3, 0.4) is 0 Å². The van der Waals surface area contributed by atoms with E-state index in [0.717, 1.165) is 9.72 Å². The standard InChI is InChI=1S/C16H22BrClN2OS/c1-3-22-13-6-5-12(9-13)20(2)10-16(21)19-15-7-4-11(17)8-14(15)18/h4,7-8,12-13H,3,5-6,9-10H2,1-2H3,(H,19,21). The molecule has 1 aromatic carbocycles. The highest BCUT2D eigenvalue weighted by Gasteiger charge is 2.28. The fourth-order valence-electron chi connectivity index (χ4n) is 2.84. The van der Waals surface area contributed by atoms with E-state index in [9.17, 15) is 4.79 Å². The van der Waals surface area contributed by atoms with Crippen molar-refractivity contribution in [1.82, 2.24) is 4.90 Å². The van der Waals surface area contributed by atoms with Gasteiger partial charge in [-0.1, -0.05) is 34.5 Å². The monoisotopic (exact) mass is 404 g/mol. The van der Waals surface area contributed by atoms with Gasteiger partial charge < -0.3 is 5.32 Å². The number of nitrogens with one attached hydrogen (secondary N) is 1. The molecule has 0 spiro atoms. The van der Waals surface area contributed by atoms with Gasteiger partial charge in [-0.25, -0.2) is 0 Å². The van der Waals surface area contributed by atoms with Crippen LogP contribution >= 0.6 is 39.3 Å². The van der Waals surface area contributed by atoms with Crippen molar-refractivity contribution >= 4 is 50.9 Å². The molecule has 0 bridgehead atoms. The van der Waals surface area contributed by atoms with Crippen LogP contribution in [0.15, 0.2) is 22.7 Å². The smallest absolute Gasteiger partial charge is 0.238 e. The first-order valence-corrected chi connectivity index (χ1v) is 9.78. The summed E-state index contributed by atoms with van der Waals surface area (Å²) in [5.74, 6) is 1.15. The zero-order chi connectivity index (χ0) is 16.1. The second-order valence-electron chi connectivity index (χ2n) is 5.63. The van der Waals surface area contributed by atoms with E-state index in [1.165, 1.54) is 25.0 Å². The second kappa shape index (κ2) is 8.57. The maximum atomic E-state index is 12.2. The summed E-state index contributed by atoms with van der Waals surface area (Å²) in [6.07, 6.45) is 3.62. The average Bonchev–Trinajstić information content (AvgIpc) is 2.91. The summed E-state index contributed by atoms with van der Waals surface area (Å²) in [7, 11) is 2.03. The molecular weight excluding hydrogens is 384 g/mol. The number of hydrogen-bond donors (Lipinski definition) is 1. The minimum Gasteiger partial charge on any atom is -0.324 e. The summed E-state index contributed by atoms with van der Waals surface area (Å²) in [5, 5.41) is 4.19. The van der Waals surface area contributed by atoms with Crippen molar-refractivity contribution in [1.29, 1.82) is 0 Å².